The highest BCUT2D eigenvalue weighted by molar-refractivity contribution is 6.30. The van der Waals surface area contributed by atoms with E-state index >= 15 is 0 Å². The first-order chi connectivity index (χ1) is 5.24. The molecule has 0 nitrogen and oxygen atoms in total. The monoisotopic (exact) mass is 166 g/mol. The molecule has 0 aliphatic heterocycles. The number of benzene rings is 1. The van der Waals surface area contributed by atoms with Crippen LogP contribution in [-0.4, -0.2) is 0 Å². The third-order valence-corrected chi connectivity index (χ3v) is 1.90. The summed E-state index contributed by atoms with van der Waals surface area (Å²) >= 11 is 5.79. The number of rotatable bonds is 2. The fourth-order valence-corrected chi connectivity index (χ4v) is 1.27. The lowest BCUT2D eigenvalue weighted by Crippen LogP contribution is -1.85. The Kier molecular flexibility index (Phi) is 2.72. The van der Waals surface area contributed by atoms with E-state index in [2.05, 4.69) is 13.5 Å². The van der Waals surface area contributed by atoms with Gasteiger partial charge in [-0.15, -0.1) is 6.58 Å². The van der Waals surface area contributed by atoms with Crippen molar-refractivity contribution in [3.8, 4) is 0 Å². The molecule has 0 aromatic heterocycles. The van der Waals surface area contributed by atoms with Crippen LogP contribution in [0.15, 0.2) is 30.9 Å². The van der Waals surface area contributed by atoms with E-state index in [1.807, 2.05) is 24.3 Å². The van der Waals surface area contributed by atoms with Crippen molar-refractivity contribution in [3.05, 3.63) is 47.0 Å². The van der Waals surface area contributed by atoms with Crippen LogP contribution in [0, 0.1) is 6.92 Å². The van der Waals surface area contributed by atoms with Crippen LogP contribution in [0.4, 0.5) is 0 Å². The molecular formula is C10H11Cl. The Hall–Kier alpha value is -0.750. The lowest BCUT2D eigenvalue weighted by Gasteiger charge is -2.01. The Bertz CT molecular complexity index is 264. The van der Waals surface area contributed by atoms with E-state index in [1.165, 1.54) is 11.1 Å². The summed E-state index contributed by atoms with van der Waals surface area (Å²) in [6.45, 7) is 5.75. The minimum atomic E-state index is 0.801. The Labute approximate surface area is 72.5 Å². The van der Waals surface area contributed by atoms with Crippen LogP contribution < -0.4 is 0 Å². The molecule has 0 aliphatic carbocycles. The van der Waals surface area contributed by atoms with E-state index in [4.69, 9.17) is 11.6 Å². The van der Waals surface area contributed by atoms with Crippen LogP contribution in [0.1, 0.15) is 11.1 Å². The normalized spacial score (nSPS) is 9.64. The van der Waals surface area contributed by atoms with Crippen molar-refractivity contribution in [2.45, 2.75) is 13.3 Å². The number of hydrogen-bond acceptors (Lipinski definition) is 0. The maximum Gasteiger partial charge on any atom is 0.0408 e. The lowest BCUT2D eigenvalue weighted by atomic mass is 10.1. The number of aryl methyl sites for hydroxylation is 1. The van der Waals surface area contributed by atoms with Gasteiger partial charge in [-0.2, -0.15) is 0 Å². The molecule has 1 heteroatoms. The fourth-order valence-electron chi connectivity index (χ4n) is 1.04. The van der Waals surface area contributed by atoms with Gasteiger partial charge in [0.2, 0.25) is 0 Å². The largest absolute Gasteiger partial charge is 0.103 e. The fraction of sp³-hybridized carbons (Fsp3) is 0.200. The minimum absolute atomic E-state index is 0.801. The summed E-state index contributed by atoms with van der Waals surface area (Å²) in [7, 11) is 0. The predicted octanol–water partition coefficient (Wildman–Crippen LogP) is 3.38. The molecule has 0 atom stereocenters. The second-order valence-corrected chi connectivity index (χ2v) is 3.00. The van der Waals surface area contributed by atoms with Crippen molar-refractivity contribution < 1.29 is 0 Å². The average Bonchev–Trinajstić information content (AvgIpc) is 1.95. The molecule has 1 aromatic carbocycles. The molecule has 58 valence electrons. The third kappa shape index (κ3) is 2.09. The van der Waals surface area contributed by atoms with Gasteiger partial charge >= 0.3 is 0 Å². The Morgan fingerprint density at radius 3 is 2.82 bits per heavy atom. The van der Waals surface area contributed by atoms with Gasteiger partial charge in [-0.25, -0.2) is 0 Å². The van der Waals surface area contributed by atoms with Gasteiger partial charge in [-0.05, 0) is 36.6 Å². The van der Waals surface area contributed by atoms with Crippen molar-refractivity contribution >= 4 is 11.6 Å². The Balaban J connectivity index is 2.98. The van der Waals surface area contributed by atoms with Crippen LogP contribution in [0.5, 0.6) is 0 Å². The molecular weight excluding hydrogens is 156 g/mol. The average molecular weight is 167 g/mol. The zero-order valence-corrected chi connectivity index (χ0v) is 7.36. The second-order valence-electron chi connectivity index (χ2n) is 2.56. The first kappa shape index (κ1) is 8.35. The molecule has 0 fully saturated rings. The van der Waals surface area contributed by atoms with E-state index in [9.17, 15) is 0 Å². The molecule has 0 N–H and O–H groups in total. The molecule has 0 amide bonds. The zero-order valence-electron chi connectivity index (χ0n) is 6.60. The van der Waals surface area contributed by atoms with Gasteiger partial charge < -0.3 is 0 Å². The summed E-state index contributed by atoms with van der Waals surface area (Å²) in [5.41, 5.74) is 2.53. The first-order valence-electron chi connectivity index (χ1n) is 3.60. The molecule has 11 heavy (non-hydrogen) atoms. The third-order valence-electron chi connectivity index (χ3n) is 1.67. The van der Waals surface area contributed by atoms with Gasteiger partial charge in [-0.1, -0.05) is 23.7 Å². The molecule has 0 saturated carbocycles. The van der Waals surface area contributed by atoms with Crippen molar-refractivity contribution in [1.29, 1.82) is 0 Å². The lowest BCUT2D eigenvalue weighted by molar-refractivity contribution is 1.22. The van der Waals surface area contributed by atoms with E-state index in [0.29, 0.717) is 0 Å². The molecule has 1 rings (SSSR count). The second kappa shape index (κ2) is 3.59. The van der Waals surface area contributed by atoms with Crippen molar-refractivity contribution in [3.63, 3.8) is 0 Å². The smallest absolute Gasteiger partial charge is 0.0408 e. The SMILES string of the molecule is C=CCc1ccc(Cl)cc1C. The molecule has 0 unspecified atom stereocenters. The van der Waals surface area contributed by atoms with Crippen LogP contribution in [0.25, 0.3) is 0 Å². The van der Waals surface area contributed by atoms with Crippen molar-refractivity contribution in [2.75, 3.05) is 0 Å². The molecule has 1 aromatic rings. The summed E-state index contributed by atoms with van der Waals surface area (Å²) in [6, 6.07) is 5.92. The number of allylic oxidation sites excluding steroid dienone is 1. The van der Waals surface area contributed by atoms with E-state index in [0.717, 1.165) is 11.4 Å². The van der Waals surface area contributed by atoms with E-state index in [1.54, 1.807) is 0 Å². The molecule has 0 saturated heterocycles. The standard InChI is InChI=1S/C10H11Cl/c1-3-4-9-5-6-10(11)7-8(9)2/h3,5-7H,1,4H2,2H3. The highest BCUT2D eigenvalue weighted by Crippen LogP contribution is 2.15. The van der Waals surface area contributed by atoms with Crippen LogP contribution in [0.2, 0.25) is 5.02 Å². The van der Waals surface area contributed by atoms with Crippen LogP contribution >= 0.6 is 11.6 Å². The molecule has 0 spiro atoms. The topological polar surface area (TPSA) is 0 Å². The molecule has 0 bridgehead atoms. The van der Waals surface area contributed by atoms with Crippen molar-refractivity contribution in [1.82, 2.24) is 0 Å². The number of halogens is 1. The predicted molar refractivity (Wildman–Crippen MR) is 50.1 cm³/mol. The summed E-state index contributed by atoms with van der Waals surface area (Å²) in [5, 5.41) is 0.801. The summed E-state index contributed by atoms with van der Waals surface area (Å²) in [6.07, 6.45) is 2.82. The maximum absolute atomic E-state index is 5.79. The Morgan fingerprint density at radius 1 is 1.55 bits per heavy atom. The zero-order chi connectivity index (χ0) is 8.27. The number of hydrogen-bond donors (Lipinski definition) is 0. The molecule has 0 heterocycles. The van der Waals surface area contributed by atoms with Crippen molar-refractivity contribution in [2.24, 2.45) is 0 Å². The van der Waals surface area contributed by atoms with Gasteiger partial charge in [0.05, 0.1) is 0 Å². The van der Waals surface area contributed by atoms with Gasteiger partial charge in [-0.3, -0.25) is 0 Å². The highest BCUT2D eigenvalue weighted by atomic mass is 35.5. The molecule has 0 aliphatic rings. The Morgan fingerprint density at radius 2 is 2.27 bits per heavy atom. The van der Waals surface area contributed by atoms with Crippen LogP contribution in [-0.2, 0) is 6.42 Å². The quantitative estimate of drug-likeness (QED) is 0.591. The summed E-state index contributed by atoms with van der Waals surface area (Å²) in [5.74, 6) is 0. The van der Waals surface area contributed by atoms with E-state index in [-0.39, 0.29) is 0 Å². The first-order valence-corrected chi connectivity index (χ1v) is 3.98. The van der Waals surface area contributed by atoms with Gasteiger partial charge in [0.15, 0.2) is 0 Å². The summed E-state index contributed by atoms with van der Waals surface area (Å²) < 4.78 is 0. The summed E-state index contributed by atoms with van der Waals surface area (Å²) in [4.78, 5) is 0. The highest BCUT2D eigenvalue weighted by Gasteiger charge is 1.95. The van der Waals surface area contributed by atoms with Gasteiger partial charge in [0.1, 0.15) is 0 Å². The molecule has 0 radical (unpaired) electrons. The van der Waals surface area contributed by atoms with Gasteiger partial charge in [0, 0.05) is 5.02 Å². The van der Waals surface area contributed by atoms with E-state index < -0.39 is 0 Å². The maximum atomic E-state index is 5.79. The minimum Gasteiger partial charge on any atom is -0.103 e. The van der Waals surface area contributed by atoms with Crippen LogP contribution in [0.3, 0.4) is 0 Å². The van der Waals surface area contributed by atoms with Gasteiger partial charge in [0.25, 0.3) is 0 Å².